The van der Waals surface area contributed by atoms with Crippen LogP contribution in [0.3, 0.4) is 0 Å². The third-order valence-electron chi connectivity index (χ3n) is 1.58. The first kappa shape index (κ1) is 8.70. The molecule has 0 bridgehead atoms. The second-order valence-corrected chi connectivity index (χ2v) is 2.41. The lowest BCUT2D eigenvalue weighted by atomic mass is 10.0. The zero-order chi connectivity index (χ0) is 7.28. The SMILES string of the molecule is C=C(CC)C(N)CCC. The third-order valence-corrected chi connectivity index (χ3v) is 1.58. The third kappa shape index (κ3) is 3.31. The Morgan fingerprint density at radius 1 is 1.56 bits per heavy atom. The van der Waals surface area contributed by atoms with E-state index in [-0.39, 0.29) is 6.04 Å². The molecule has 0 saturated carbocycles. The van der Waals surface area contributed by atoms with Crippen LogP contribution in [0.2, 0.25) is 0 Å². The number of hydrogen-bond donors (Lipinski definition) is 1. The van der Waals surface area contributed by atoms with Crippen LogP contribution in [0.15, 0.2) is 12.2 Å². The van der Waals surface area contributed by atoms with Crippen LogP contribution >= 0.6 is 0 Å². The average molecular weight is 127 g/mol. The lowest BCUT2D eigenvalue weighted by Crippen LogP contribution is -2.21. The summed E-state index contributed by atoms with van der Waals surface area (Å²) in [4.78, 5) is 0. The monoisotopic (exact) mass is 127 g/mol. The van der Waals surface area contributed by atoms with E-state index >= 15 is 0 Å². The fourth-order valence-corrected chi connectivity index (χ4v) is 0.777. The molecule has 0 aliphatic rings. The van der Waals surface area contributed by atoms with Gasteiger partial charge in [0.15, 0.2) is 0 Å². The van der Waals surface area contributed by atoms with Crippen LogP contribution in [0.4, 0.5) is 0 Å². The Labute approximate surface area is 57.9 Å². The van der Waals surface area contributed by atoms with Crippen LogP contribution in [0, 0.1) is 0 Å². The van der Waals surface area contributed by atoms with Crippen molar-refractivity contribution in [2.24, 2.45) is 5.73 Å². The van der Waals surface area contributed by atoms with E-state index in [0.717, 1.165) is 19.3 Å². The summed E-state index contributed by atoms with van der Waals surface area (Å²) >= 11 is 0. The molecule has 1 heteroatoms. The molecule has 9 heavy (non-hydrogen) atoms. The zero-order valence-corrected chi connectivity index (χ0v) is 6.48. The maximum Gasteiger partial charge on any atom is 0.0250 e. The molecule has 0 heterocycles. The van der Waals surface area contributed by atoms with Crippen molar-refractivity contribution >= 4 is 0 Å². The van der Waals surface area contributed by atoms with Crippen molar-refractivity contribution in [3.05, 3.63) is 12.2 Å². The van der Waals surface area contributed by atoms with Gasteiger partial charge in [-0.1, -0.05) is 32.4 Å². The highest BCUT2D eigenvalue weighted by atomic mass is 14.6. The maximum atomic E-state index is 5.74. The standard InChI is InChI=1S/C8H17N/c1-4-6-8(9)7(3)5-2/h8H,3-6,9H2,1-2H3. The Bertz CT molecular complexity index is 86.6. The summed E-state index contributed by atoms with van der Waals surface area (Å²) < 4.78 is 0. The van der Waals surface area contributed by atoms with Gasteiger partial charge in [-0.3, -0.25) is 0 Å². The van der Waals surface area contributed by atoms with Gasteiger partial charge in [0.2, 0.25) is 0 Å². The summed E-state index contributed by atoms with van der Waals surface area (Å²) in [6, 6.07) is 0.236. The van der Waals surface area contributed by atoms with Gasteiger partial charge in [-0.25, -0.2) is 0 Å². The first-order valence-corrected chi connectivity index (χ1v) is 3.65. The van der Waals surface area contributed by atoms with Crippen molar-refractivity contribution in [3.63, 3.8) is 0 Å². The molecule has 0 aromatic heterocycles. The van der Waals surface area contributed by atoms with Gasteiger partial charge in [-0.2, -0.15) is 0 Å². The highest BCUT2D eigenvalue weighted by Gasteiger charge is 2.01. The number of nitrogens with two attached hydrogens (primary N) is 1. The molecule has 1 nitrogen and oxygen atoms in total. The van der Waals surface area contributed by atoms with E-state index in [9.17, 15) is 0 Å². The van der Waals surface area contributed by atoms with Gasteiger partial charge in [0.25, 0.3) is 0 Å². The molecule has 0 fully saturated rings. The van der Waals surface area contributed by atoms with Crippen LogP contribution in [0.25, 0.3) is 0 Å². The molecular weight excluding hydrogens is 110 g/mol. The molecule has 0 rings (SSSR count). The van der Waals surface area contributed by atoms with Crippen molar-refractivity contribution in [1.82, 2.24) is 0 Å². The largest absolute Gasteiger partial charge is 0.324 e. The van der Waals surface area contributed by atoms with E-state index in [2.05, 4.69) is 20.4 Å². The van der Waals surface area contributed by atoms with Crippen LogP contribution in [0.5, 0.6) is 0 Å². The van der Waals surface area contributed by atoms with Gasteiger partial charge in [0, 0.05) is 6.04 Å². The molecule has 0 aliphatic carbocycles. The van der Waals surface area contributed by atoms with Gasteiger partial charge >= 0.3 is 0 Å². The molecular formula is C8H17N. The maximum absolute atomic E-state index is 5.74. The van der Waals surface area contributed by atoms with E-state index in [4.69, 9.17) is 5.73 Å². The summed E-state index contributed by atoms with van der Waals surface area (Å²) in [7, 11) is 0. The van der Waals surface area contributed by atoms with E-state index in [1.807, 2.05) is 0 Å². The molecule has 0 aromatic carbocycles. The van der Waals surface area contributed by atoms with E-state index in [1.54, 1.807) is 0 Å². The highest BCUT2D eigenvalue weighted by molar-refractivity contribution is 5.02. The Hall–Kier alpha value is -0.300. The molecule has 0 aromatic rings. The first-order chi connectivity index (χ1) is 4.22. The second-order valence-electron chi connectivity index (χ2n) is 2.41. The van der Waals surface area contributed by atoms with Crippen LogP contribution < -0.4 is 5.73 Å². The quantitative estimate of drug-likeness (QED) is 0.575. The summed E-state index contributed by atoms with van der Waals surface area (Å²) in [5.74, 6) is 0. The van der Waals surface area contributed by atoms with Gasteiger partial charge in [0.1, 0.15) is 0 Å². The van der Waals surface area contributed by atoms with Crippen molar-refractivity contribution < 1.29 is 0 Å². The Morgan fingerprint density at radius 3 is 2.44 bits per heavy atom. The van der Waals surface area contributed by atoms with E-state index in [0.29, 0.717) is 0 Å². The molecule has 54 valence electrons. The van der Waals surface area contributed by atoms with Gasteiger partial charge in [-0.15, -0.1) is 0 Å². The molecule has 2 N–H and O–H groups in total. The normalized spacial score (nSPS) is 13.2. The zero-order valence-electron chi connectivity index (χ0n) is 6.48. The number of hydrogen-bond acceptors (Lipinski definition) is 1. The Kier molecular flexibility index (Phi) is 4.41. The molecule has 0 amide bonds. The molecule has 0 spiro atoms. The predicted octanol–water partition coefficient (Wildman–Crippen LogP) is 2.08. The average Bonchev–Trinajstić information content (AvgIpc) is 1.87. The minimum absolute atomic E-state index is 0.236. The first-order valence-electron chi connectivity index (χ1n) is 3.65. The molecule has 1 unspecified atom stereocenters. The summed E-state index contributed by atoms with van der Waals surface area (Å²) in [6.07, 6.45) is 3.24. The topological polar surface area (TPSA) is 26.0 Å². The lowest BCUT2D eigenvalue weighted by Gasteiger charge is -2.10. The summed E-state index contributed by atoms with van der Waals surface area (Å²) in [5.41, 5.74) is 6.92. The summed E-state index contributed by atoms with van der Waals surface area (Å²) in [6.45, 7) is 8.10. The fourth-order valence-electron chi connectivity index (χ4n) is 0.777. The molecule has 0 aliphatic heterocycles. The second kappa shape index (κ2) is 4.57. The fraction of sp³-hybridized carbons (Fsp3) is 0.750. The minimum atomic E-state index is 0.236. The lowest BCUT2D eigenvalue weighted by molar-refractivity contribution is 0.659. The van der Waals surface area contributed by atoms with E-state index in [1.165, 1.54) is 5.57 Å². The van der Waals surface area contributed by atoms with Crippen LogP contribution in [-0.2, 0) is 0 Å². The van der Waals surface area contributed by atoms with Crippen molar-refractivity contribution in [3.8, 4) is 0 Å². The van der Waals surface area contributed by atoms with Gasteiger partial charge < -0.3 is 5.73 Å². The smallest absolute Gasteiger partial charge is 0.0250 e. The highest BCUT2D eigenvalue weighted by Crippen LogP contribution is 2.06. The Balaban J connectivity index is 3.45. The summed E-state index contributed by atoms with van der Waals surface area (Å²) in [5, 5.41) is 0. The van der Waals surface area contributed by atoms with Crippen LogP contribution in [0.1, 0.15) is 33.1 Å². The van der Waals surface area contributed by atoms with Crippen molar-refractivity contribution in [1.29, 1.82) is 0 Å². The van der Waals surface area contributed by atoms with E-state index < -0.39 is 0 Å². The van der Waals surface area contributed by atoms with Gasteiger partial charge in [-0.05, 0) is 12.8 Å². The van der Waals surface area contributed by atoms with Gasteiger partial charge in [0.05, 0.1) is 0 Å². The Morgan fingerprint density at radius 2 is 2.11 bits per heavy atom. The van der Waals surface area contributed by atoms with Crippen molar-refractivity contribution in [2.45, 2.75) is 39.2 Å². The van der Waals surface area contributed by atoms with Crippen LogP contribution in [-0.4, -0.2) is 6.04 Å². The predicted molar refractivity (Wildman–Crippen MR) is 42.3 cm³/mol. The minimum Gasteiger partial charge on any atom is -0.324 e. The molecule has 1 atom stereocenters. The molecule has 0 radical (unpaired) electrons. The van der Waals surface area contributed by atoms with Crippen molar-refractivity contribution in [2.75, 3.05) is 0 Å². The molecule has 0 saturated heterocycles. The number of rotatable bonds is 4.